The number of carbonyl (C=O) groups excluding carboxylic acids is 1. The van der Waals surface area contributed by atoms with E-state index in [-0.39, 0.29) is 11.9 Å². The fourth-order valence-electron chi connectivity index (χ4n) is 2.23. The van der Waals surface area contributed by atoms with E-state index in [1.165, 1.54) is 18.5 Å². The van der Waals surface area contributed by atoms with Gasteiger partial charge in [0.1, 0.15) is 12.4 Å². The summed E-state index contributed by atoms with van der Waals surface area (Å²) < 4.78 is 14.4. The second kappa shape index (κ2) is 6.30. The molecule has 0 spiro atoms. The zero-order valence-electron chi connectivity index (χ0n) is 12.4. The van der Waals surface area contributed by atoms with Gasteiger partial charge in [-0.25, -0.2) is 9.37 Å². The minimum Gasteiger partial charge on any atom is -0.325 e. The number of halogens is 1. The molecular weight excluding hydrogens is 311 g/mol. The average Bonchev–Trinajstić information content (AvgIpc) is 2.58. The molecular formula is C17H11FN4O2. The van der Waals surface area contributed by atoms with E-state index >= 15 is 0 Å². The molecule has 2 aromatic carbocycles. The van der Waals surface area contributed by atoms with Gasteiger partial charge >= 0.3 is 0 Å². The van der Waals surface area contributed by atoms with Crippen LogP contribution in [0.3, 0.4) is 0 Å². The molecule has 118 valence electrons. The minimum absolute atomic E-state index is 0.115. The first-order valence-electron chi connectivity index (χ1n) is 7.01. The second-order valence-electron chi connectivity index (χ2n) is 5.08. The molecule has 0 aliphatic rings. The first-order valence-corrected chi connectivity index (χ1v) is 7.01. The summed E-state index contributed by atoms with van der Waals surface area (Å²) in [7, 11) is 0. The first kappa shape index (κ1) is 15.4. The highest BCUT2D eigenvalue weighted by Crippen LogP contribution is 2.10. The Morgan fingerprint density at radius 3 is 2.71 bits per heavy atom. The molecule has 1 N–H and O–H groups in total. The molecule has 0 aliphatic carbocycles. The highest BCUT2D eigenvalue weighted by Gasteiger charge is 2.09. The van der Waals surface area contributed by atoms with E-state index in [1.807, 2.05) is 6.07 Å². The van der Waals surface area contributed by atoms with Crippen LogP contribution in [0.25, 0.3) is 10.9 Å². The smallest absolute Gasteiger partial charge is 0.261 e. The molecule has 0 saturated carbocycles. The van der Waals surface area contributed by atoms with E-state index in [2.05, 4.69) is 10.3 Å². The number of hydrogen-bond acceptors (Lipinski definition) is 4. The minimum atomic E-state index is -0.541. The van der Waals surface area contributed by atoms with E-state index in [1.54, 1.807) is 24.3 Å². The number of fused-ring (bicyclic) bond motifs is 1. The van der Waals surface area contributed by atoms with Crippen LogP contribution in [0.1, 0.15) is 5.56 Å². The fraction of sp³-hybridized carbons (Fsp3) is 0.0588. The van der Waals surface area contributed by atoms with Crippen LogP contribution >= 0.6 is 0 Å². The summed E-state index contributed by atoms with van der Waals surface area (Å²) >= 11 is 0. The summed E-state index contributed by atoms with van der Waals surface area (Å²) in [4.78, 5) is 28.4. The molecule has 0 fully saturated rings. The van der Waals surface area contributed by atoms with Crippen molar-refractivity contribution in [3.63, 3.8) is 0 Å². The first-order chi connectivity index (χ1) is 11.6. The largest absolute Gasteiger partial charge is 0.325 e. The maximum atomic E-state index is 13.3. The van der Waals surface area contributed by atoms with Crippen LogP contribution in [0.2, 0.25) is 0 Å². The van der Waals surface area contributed by atoms with Crippen LogP contribution < -0.4 is 10.9 Å². The lowest BCUT2D eigenvalue weighted by atomic mass is 10.2. The summed E-state index contributed by atoms with van der Waals surface area (Å²) in [6, 6.07) is 12.0. The highest BCUT2D eigenvalue weighted by atomic mass is 19.1. The molecule has 0 aliphatic heterocycles. The van der Waals surface area contributed by atoms with E-state index in [0.29, 0.717) is 16.8 Å². The van der Waals surface area contributed by atoms with Crippen LogP contribution in [-0.2, 0) is 11.3 Å². The zero-order valence-corrected chi connectivity index (χ0v) is 12.4. The lowest BCUT2D eigenvalue weighted by Gasteiger charge is -2.08. The van der Waals surface area contributed by atoms with Crippen molar-refractivity contribution < 1.29 is 9.18 Å². The predicted molar refractivity (Wildman–Crippen MR) is 85.7 cm³/mol. The molecule has 1 amide bonds. The number of nitriles is 1. The lowest BCUT2D eigenvalue weighted by molar-refractivity contribution is -0.116. The number of benzene rings is 2. The van der Waals surface area contributed by atoms with Gasteiger partial charge in [-0.2, -0.15) is 5.26 Å². The standard InChI is InChI=1S/C17H11FN4O2/c18-12-3-6-15-14(7-12)17(24)22(10-20-15)9-16(23)21-13-4-1-11(8-19)2-5-13/h1-7,10H,9H2,(H,21,23). The van der Waals surface area contributed by atoms with Crippen molar-refractivity contribution in [2.75, 3.05) is 5.32 Å². The number of amides is 1. The van der Waals surface area contributed by atoms with Crippen molar-refractivity contribution in [1.82, 2.24) is 9.55 Å². The maximum absolute atomic E-state index is 13.3. The molecule has 0 unspecified atom stereocenters. The maximum Gasteiger partial charge on any atom is 0.261 e. The Morgan fingerprint density at radius 1 is 1.25 bits per heavy atom. The van der Waals surface area contributed by atoms with E-state index < -0.39 is 17.3 Å². The Morgan fingerprint density at radius 2 is 2.00 bits per heavy atom. The molecule has 24 heavy (non-hydrogen) atoms. The summed E-state index contributed by atoms with van der Waals surface area (Å²) in [5.41, 5.74) is 0.858. The molecule has 0 radical (unpaired) electrons. The van der Waals surface area contributed by atoms with Crippen LogP contribution in [0.4, 0.5) is 10.1 Å². The molecule has 7 heteroatoms. The number of rotatable bonds is 3. The normalized spacial score (nSPS) is 10.3. The number of aromatic nitrogens is 2. The van der Waals surface area contributed by atoms with Crippen LogP contribution in [0.15, 0.2) is 53.6 Å². The summed E-state index contributed by atoms with van der Waals surface area (Å²) in [6.07, 6.45) is 1.25. The van der Waals surface area contributed by atoms with Crippen molar-refractivity contribution in [2.24, 2.45) is 0 Å². The molecule has 6 nitrogen and oxygen atoms in total. The average molecular weight is 322 g/mol. The van der Waals surface area contributed by atoms with Crippen LogP contribution in [-0.4, -0.2) is 15.5 Å². The van der Waals surface area contributed by atoms with Crippen molar-refractivity contribution >= 4 is 22.5 Å². The topological polar surface area (TPSA) is 87.8 Å². The Bertz CT molecular complexity index is 1020. The van der Waals surface area contributed by atoms with Crippen molar-refractivity contribution in [2.45, 2.75) is 6.54 Å². The van der Waals surface area contributed by atoms with Crippen molar-refractivity contribution in [3.05, 3.63) is 70.5 Å². The van der Waals surface area contributed by atoms with Gasteiger partial charge in [-0.1, -0.05) is 0 Å². The predicted octanol–water partition coefficient (Wildman–Crippen LogP) is 2.05. The van der Waals surface area contributed by atoms with Crippen molar-refractivity contribution in [1.29, 1.82) is 5.26 Å². The van der Waals surface area contributed by atoms with Gasteiger partial charge in [0.25, 0.3) is 5.56 Å². The summed E-state index contributed by atoms with van der Waals surface area (Å²) in [5, 5.41) is 11.5. The molecule has 0 bridgehead atoms. The molecule has 1 aromatic heterocycles. The van der Waals surface area contributed by atoms with Gasteiger partial charge in [0.2, 0.25) is 5.91 Å². The Balaban J connectivity index is 1.81. The van der Waals surface area contributed by atoms with Gasteiger partial charge in [0.15, 0.2) is 0 Å². The molecule has 3 aromatic rings. The van der Waals surface area contributed by atoms with E-state index in [0.717, 1.165) is 10.6 Å². The third-order valence-electron chi connectivity index (χ3n) is 3.40. The fourth-order valence-corrected chi connectivity index (χ4v) is 2.23. The van der Waals surface area contributed by atoms with Crippen LogP contribution in [0, 0.1) is 17.1 Å². The number of carbonyl (C=O) groups is 1. The summed E-state index contributed by atoms with van der Waals surface area (Å²) in [5.74, 6) is -0.972. The Hall–Kier alpha value is -3.53. The van der Waals surface area contributed by atoms with Gasteiger partial charge in [0.05, 0.1) is 28.9 Å². The monoisotopic (exact) mass is 322 g/mol. The van der Waals surface area contributed by atoms with Gasteiger partial charge in [-0.05, 0) is 42.5 Å². The third-order valence-corrected chi connectivity index (χ3v) is 3.40. The zero-order chi connectivity index (χ0) is 17.1. The SMILES string of the molecule is N#Cc1ccc(NC(=O)Cn2cnc3ccc(F)cc3c2=O)cc1. The molecule has 1 heterocycles. The highest BCUT2D eigenvalue weighted by molar-refractivity contribution is 5.90. The van der Waals surface area contributed by atoms with Gasteiger partial charge < -0.3 is 5.32 Å². The number of anilines is 1. The Labute approximate surface area is 135 Å². The van der Waals surface area contributed by atoms with E-state index in [9.17, 15) is 14.0 Å². The lowest BCUT2D eigenvalue weighted by Crippen LogP contribution is -2.28. The Kier molecular flexibility index (Phi) is 4.03. The van der Waals surface area contributed by atoms with Crippen LogP contribution in [0.5, 0.6) is 0 Å². The molecule has 0 saturated heterocycles. The van der Waals surface area contributed by atoms with Crippen molar-refractivity contribution in [3.8, 4) is 6.07 Å². The second-order valence-corrected chi connectivity index (χ2v) is 5.08. The van der Waals surface area contributed by atoms with Gasteiger partial charge in [-0.15, -0.1) is 0 Å². The van der Waals surface area contributed by atoms with Gasteiger partial charge in [0, 0.05) is 5.69 Å². The number of hydrogen-bond donors (Lipinski definition) is 1. The number of nitrogens with one attached hydrogen (secondary N) is 1. The summed E-state index contributed by atoms with van der Waals surface area (Å²) in [6.45, 7) is -0.252. The van der Waals surface area contributed by atoms with E-state index in [4.69, 9.17) is 5.26 Å². The third kappa shape index (κ3) is 3.13. The quantitative estimate of drug-likeness (QED) is 0.799. The van der Waals surface area contributed by atoms with Gasteiger partial charge in [-0.3, -0.25) is 14.2 Å². The molecule has 3 rings (SSSR count). The molecule has 0 atom stereocenters. The number of nitrogens with zero attached hydrogens (tertiary/aromatic N) is 3.